The molecule has 0 aromatic heterocycles. The number of rotatable bonds is 2. The first-order valence-electron chi connectivity index (χ1n) is 5.30. The fraction of sp³-hybridized carbons (Fsp3) is 0.357. The van der Waals surface area contributed by atoms with Crippen LogP contribution in [0.2, 0.25) is 0 Å². The molecule has 16 heavy (non-hydrogen) atoms. The summed E-state index contributed by atoms with van der Waals surface area (Å²) in [4.78, 5) is 10.8. The third-order valence-corrected chi connectivity index (χ3v) is 3.57. The Morgan fingerprint density at radius 3 is 1.62 bits per heavy atom. The topological polar surface area (TPSA) is 17.1 Å². The van der Waals surface area contributed by atoms with Crippen molar-refractivity contribution in [2.45, 2.75) is 34.6 Å². The molecule has 0 saturated carbocycles. The molecule has 86 valence electrons. The van der Waals surface area contributed by atoms with Gasteiger partial charge in [-0.2, -0.15) is 0 Å². The molecule has 0 saturated heterocycles. The number of allylic oxidation sites excluding steroid dienone is 1. The standard InChI is InChI=1S/C14H17ClO/c1-8-9(2)11(4)13(6-7-14(15)16)12(5)10(8)3/h6-7H,1-5H3/b7-6+. The molecule has 0 spiro atoms. The second kappa shape index (κ2) is 4.84. The third-order valence-electron chi connectivity index (χ3n) is 3.44. The van der Waals surface area contributed by atoms with Gasteiger partial charge in [0.05, 0.1) is 0 Å². The summed E-state index contributed by atoms with van der Waals surface area (Å²) in [5.41, 5.74) is 7.43. The first-order chi connectivity index (χ1) is 7.36. The van der Waals surface area contributed by atoms with Crippen LogP contribution in [0.25, 0.3) is 6.08 Å². The monoisotopic (exact) mass is 236 g/mol. The van der Waals surface area contributed by atoms with Crippen molar-refractivity contribution in [2.75, 3.05) is 0 Å². The van der Waals surface area contributed by atoms with E-state index in [9.17, 15) is 4.79 Å². The molecule has 1 nitrogen and oxygen atoms in total. The van der Waals surface area contributed by atoms with E-state index in [0.29, 0.717) is 0 Å². The Hall–Kier alpha value is -1.08. The normalized spacial score (nSPS) is 11.1. The first-order valence-corrected chi connectivity index (χ1v) is 5.68. The molecule has 0 fully saturated rings. The van der Waals surface area contributed by atoms with Gasteiger partial charge in [0.2, 0.25) is 5.24 Å². The van der Waals surface area contributed by atoms with E-state index in [0.717, 1.165) is 5.56 Å². The highest BCUT2D eigenvalue weighted by molar-refractivity contribution is 6.66. The van der Waals surface area contributed by atoms with Crippen LogP contribution in [0.4, 0.5) is 0 Å². The maximum Gasteiger partial charge on any atom is 0.245 e. The Balaban J connectivity index is 3.45. The maximum atomic E-state index is 10.8. The summed E-state index contributed by atoms with van der Waals surface area (Å²) in [6.45, 7) is 10.5. The van der Waals surface area contributed by atoms with Gasteiger partial charge in [-0.05, 0) is 91.8 Å². The summed E-state index contributed by atoms with van der Waals surface area (Å²) in [6.07, 6.45) is 3.21. The van der Waals surface area contributed by atoms with Gasteiger partial charge in [0.25, 0.3) is 0 Å². The SMILES string of the molecule is Cc1c(C)c(C)c(/C=C/C(=O)Cl)c(C)c1C. The van der Waals surface area contributed by atoms with Gasteiger partial charge in [0, 0.05) is 0 Å². The molecule has 0 aliphatic rings. The summed E-state index contributed by atoms with van der Waals surface area (Å²) < 4.78 is 0. The number of benzene rings is 1. The minimum atomic E-state index is -0.435. The van der Waals surface area contributed by atoms with E-state index in [-0.39, 0.29) is 0 Å². The molecular weight excluding hydrogens is 220 g/mol. The summed E-state index contributed by atoms with van der Waals surface area (Å²) in [5, 5.41) is -0.435. The van der Waals surface area contributed by atoms with Crippen LogP contribution in [0.3, 0.4) is 0 Å². The molecule has 0 radical (unpaired) electrons. The predicted octanol–water partition coefficient (Wildman–Crippen LogP) is 4.01. The zero-order valence-corrected chi connectivity index (χ0v) is 11.2. The van der Waals surface area contributed by atoms with E-state index in [1.807, 2.05) is 0 Å². The zero-order chi connectivity index (χ0) is 12.5. The van der Waals surface area contributed by atoms with Crippen molar-refractivity contribution in [3.8, 4) is 0 Å². The maximum absolute atomic E-state index is 10.8. The zero-order valence-electron chi connectivity index (χ0n) is 10.4. The molecule has 0 aliphatic heterocycles. The number of carbonyl (C=O) groups is 1. The molecule has 1 rings (SSSR count). The van der Waals surface area contributed by atoms with Crippen LogP contribution in [0, 0.1) is 34.6 Å². The predicted molar refractivity (Wildman–Crippen MR) is 70.0 cm³/mol. The lowest BCUT2D eigenvalue weighted by Crippen LogP contribution is -1.99. The van der Waals surface area contributed by atoms with Crippen molar-refractivity contribution in [1.29, 1.82) is 0 Å². The molecule has 0 unspecified atom stereocenters. The van der Waals surface area contributed by atoms with Gasteiger partial charge in [-0.3, -0.25) is 4.79 Å². The third kappa shape index (κ3) is 2.35. The van der Waals surface area contributed by atoms with Gasteiger partial charge in [0.1, 0.15) is 0 Å². The van der Waals surface area contributed by atoms with Crippen LogP contribution in [0.15, 0.2) is 6.08 Å². The Bertz CT molecular complexity index is 441. The van der Waals surface area contributed by atoms with Gasteiger partial charge in [-0.1, -0.05) is 0 Å². The molecule has 2 heteroatoms. The van der Waals surface area contributed by atoms with E-state index in [1.165, 1.54) is 33.9 Å². The second-order valence-electron chi connectivity index (χ2n) is 4.18. The molecule has 1 aromatic carbocycles. The van der Waals surface area contributed by atoms with Crippen molar-refractivity contribution in [3.05, 3.63) is 39.5 Å². The largest absolute Gasteiger partial charge is 0.276 e. The lowest BCUT2D eigenvalue weighted by Gasteiger charge is -2.16. The fourth-order valence-corrected chi connectivity index (χ4v) is 1.99. The van der Waals surface area contributed by atoms with Crippen LogP contribution in [0.1, 0.15) is 33.4 Å². The molecule has 0 aliphatic carbocycles. The van der Waals surface area contributed by atoms with Crippen molar-refractivity contribution in [3.63, 3.8) is 0 Å². The average molecular weight is 237 g/mol. The number of hydrogen-bond acceptors (Lipinski definition) is 1. The lowest BCUT2D eigenvalue weighted by molar-refractivity contribution is -0.107. The Kier molecular flexibility index (Phi) is 3.93. The smallest absolute Gasteiger partial charge is 0.245 e. The van der Waals surface area contributed by atoms with Gasteiger partial charge in [0.15, 0.2) is 0 Å². The Labute approximate surface area is 102 Å². The summed E-state index contributed by atoms with van der Waals surface area (Å²) >= 11 is 5.32. The van der Waals surface area contributed by atoms with Crippen LogP contribution in [0.5, 0.6) is 0 Å². The van der Waals surface area contributed by atoms with Crippen LogP contribution >= 0.6 is 11.6 Å². The van der Waals surface area contributed by atoms with E-state index >= 15 is 0 Å². The highest BCUT2D eigenvalue weighted by Crippen LogP contribution is 2.26. The highest BCUT2D eigenvalue weighted by atomic mass is 35.5. The van der Waals surface area contributed by atoms with Crippen molar-refractivity contribution in [1.82, 2.24) is 0 Å². The van der Waals surface area contributed by atoms with Crippen molar-refractivity contribution < 1.29 is 4.79 Å². The number of halogens is 1. The van der Waals surface area contributed by atoms with Crippen LogP contribution < -0.4 is 0 Å². The van der Waals surface area contributed by atoms with Gasteiger partial charge in [-0.15, -0.1) is 0 Å². The van der Waals surface area contributed by atoms with Gasteiger partial charge < -0.3 is 0 Å². The lowest BCUT2D eigenvalue weighted by atomic mass is 9.89. The van der Waals surface area contributed by atoms with Crippen LogP contribution in [-0.2, 0) is 4.79 Å². The number of carbonyl (C=O) groups excluding carboxylic acids is 1. The van der Waals surface area contributed by atoms with E-state index in [2.05, 4.69) is 34.6 Å². The Morgan fingerprint density at radius 2 is 1.25 bits per heavy atom. The molecule has 1 aromatic rings. The fourth-order valence-electron chi connectivity index (χ4n) is 1.93. The second-order valence-corrected chi connectivity index (χ2v) is 4.55. The minimum absolute atomic E-state index is 0.435. The van der Waals surface area contributed by atoms with Crippen molar-refractivity contribution in [2.24, 2.45) is 0 Å². The first kappa shape index (κ1) is 13.0. The summed E-state index contributed by atoms with van der Waals surface area (Å²) in [5.74, 6) is 0. The van der Waals surface area contributed by atoms with E-state index in [4.69, 9.17) is 11.6 Å². The molecule has 0 atom stereocenters. The minimum Gasteiger partial charge on any atom is -0.276 e. The average Bonchev–Trinajstić information content (AvgIpc) is 2.23. The molecule has 0 N–H and O–H groups in total. The molecular formula is C14H17ClO. The van der Waals surface area contributed by atoms with Crippen molar-refractivity contribution >= 4 is 22.9 Å². The van der Waals surface area contributed by atoms with E-state index < -0.39 is 5.24 Å². The molecule has 0 amide bonds. The molecule has 0 bridgehead atoms. The van der Waals surface area contributed by atoms with Gasteiger partial charge >= 0.3 is 0 Å². The van der Waals surface area contributed by atoms with Crippen LogP contribution in [-0.4, -0.2) is 5.24 Å². The Morgan fingerprint density at radius 1 is 0.875 bits per heavy atom. The van der Waals surface area contributed by atoms with Gasteiger partial charge in [-0.25, -0.2) is 0 Å². The quantitative estimate of drug-likeness (QED) is 0.560. The molecule has 0 heterocycles. The van der Waals surface area contributed by atoms with E-state index in [1.54, 1.807) is 6.08 Å². The number of hydrogen-bond donors (Lipinski definition) is 0. The summed E-state index contributed by atoms with van der Waals surface area (Å²) in [7, 11) is 0. The summed E-state index contributed by atoms with van der Waals surface area (Å²) in [6, 6.07) is 0. The highest BCUT2D eigenvalue weighted by Gasteiger charge is 2.09.